The summed E-state index contributed by atoms with van der Waals surface area (Å²) in [5.41, 5.74) is 3.00. The van der Waals surface area contributed by atoms with Crippen molar-refractivity contribution in [1.29, 1.82) is 0 Å². The van der Waals surface area contributed by atoms with E-state index < -0.39 is 5.25 Å². The Morgan fingerprint density at radius 3 is 2.16 bits per heavy atom. The van der Waals surface area contributed by atoms with E-state index in [9.17, 15) is 9.59 Å². The lowest BCUT2D eigenvalue weighted by atomic mass is 10.1. The maximum absolute atomic E-state index is 13.3. The summed E-state index contributed by atoms with van der Waals surface area (Å²) in [6.45, 7) is 0. The number of carbonyl (C=O) groups is 2. The lowest BCUT2D eigenvalue weighted by Gasteiger charge is -2.18. The maximum atomic E-state index is 13.3. The van der Waals surface area contributed by atoms with Crippen molar-refractivity contribution in [3.8, 4) is 5.75 Å². The van der Waals surface area contributed by atoms with Gasteiger partial charge in [-0.3, -0.25) is 9.59 Å². The first-order chi connectivity index (χ1) is 17.9. The topological polar surface area (TPSA) is 67.4 Å². The Morgan fingerprint density at radius 1 is 0.838 bits per heavy atom. The minimum atomic E-state index is -0.507. The summed E-state index contributed by atoms with van der Waals surface area (Å²) in [5.74, 6) is 0.231. The van der Waals surface area contributed by atoms with E-state index in [0.29, 0.717) is 27.2 Å². The van der Waals surface area contributed by atoms with Crippen molar-refractivity contribution in [2.45, 2.75) is 16.6 Å². The first-order valence-corrected chi connectivity index (χ1v) is 13.0. The van der Waals surface area contributed by atoms with E-state index in [0.717, 1.165) is 16.0 Å². The van der Waals surface area contributed by atoms with Crippen molar-refractivity contribution >= 4 is 58.2 Å². The molecule has 0 saturated heterocycles. The Morgan fingerprint density at radius 2 is 1.51 bits per heavy atom. The van der Waals surface area contributed by atoms with E-state index in [-0.39, 0.29) is 18.2 Å². The number of nitrogens with one attached hydrogen (secondary N) is 2. The van der Waals surface area contributed by atoms with Gasteiger partial charge in [0.15, 0.2) is 0 Å². The number of halogens is 2. The molecule has 0 aliphatic carbocycles. The first kappa shape index (κ1) is 26.6. The zero-order valence-corrected chi connectivity index (χ0v) is 22.2. The number of hydrogen-bond donors (Lipinski definition) is 2. The van der Waals surface area contributed by atoms with Gasteiger partial charge in [-0.15, -0.1) is 11.8 Å². The first-order valence-electron chi connectivity index (χ1n) is 11.4. The van der Waals surface area contributed by atoms with E-state index in [1.165, 1.54) is 18.9 Å². The van der Waals surface area contributed by atoms with Gasteiger partial charge >= 0.3 is 0 Å². The molecule has 0 saturated carbocycles. The number of methoxy groups -OCH3 is 1. The number of anilines is 2. The molecule has 0 aromatic heterocycles. The summed E-state index contributed by atoms with van der Waals surface area (Å²) in [5, 5.41) is 6.40. The second kappa shape index (κ2) is 12.7. The number of amides is 2. The van der Waals surface area contributed by atoms with Gasteiger partial charge in [0, 0.05) is 21.3 Å². The fourth-order valence-corrected chi connectivity index (χ4v) is 5.01. The third-order valence-electron chi connectivity index (χ3n) is 5.43. The Hall–Kier alpha value is -3.45. The molecule has 1 atom stereocenters. The fraction of sp³-hybridized carbons (Fsp3) is 0.103. The molecule has 0 spiro atoms. The summed E-state index contributed by atoms with van der Waals surface area (Å²) in [4.78, 5) is 26.6. The normalized spacial score (nSPS) is 11.4. The van der Waals surface area contributed by atoms with Gasteiger partial charge in [-0.25, -0.2) is 0 Å². The average Bonchev–Trinajstić information content (AvgIpc) is 2.90. The van der Waals surface area contributed by atoms with Gasteiger partial charge in [0.25, 0.3) is 0 Å². The van der Waals surface area contributed by atoms with Crippen molar-refractivity contribution in [3.05, 3.63) is 118 Å². The zero-order chi connectivity index (χ0) is 26.2. The van der Waals surface area contributed by atoms with Crippen LogP contribution in [0.15, 0.2) is 102 Å². The second-order valence-electron chi connectivity index (χ2n) is 8.12. The van der Waals surface area contributed by atoms with Crippen LogP contribution >= 0.6 is 35.0 Å². The molecule has 4 aromatic rings. The molecule has 4 rings (SSSR count). The summed E-state index contributed by atoms with van der Waals surface area (Å²) in [6, 6.07) is 29.3. The van der Waals surface area contributed by atoms with Crippen LogP contribution in [-0.2, 0) is 16.0 Å². The zero-order valence-electron chi connectivity index (χ0n) is 19.9. The van der Waals surface area contributed by atoms with E-state index in [4.69, 9.17) is 27.9 Å². The van der Waals surface area contributed by atoms with Crippen molar-refractivity contribution in [2.75, 3.05) is 17.7 Å². The summed E-state index contributed by atoms with van der Waals surface area (Å²) >= 11 is 13.6. The molecule has 0 aliphatic rings. The van der Waals surface area contributed by atoms with Crippen molar-refractivity contribution < 1.29 is 14.3 Å². The molecule has 2 amide bonds. The molecule has 2 N–H and O–H groups in total. The van der Waals surface area contributed by atoms with Gasteiger partial charge in [-0.1, -0.05) is 65.7 Å². The minimum Gasteiger partial charge on any atom is -0.495 e. The Labute approximate surface area is 230 Å². The minimum absolute atomic E-state index is 0.123. The number of ether oxygens (including phenoxy) is 1. The Kier molecular flexibility index (Phi) is 9.12. The second-order valence-corrected chi connectivity index (χ2v) is 10.1. The lowest BCUT2D eigenvalue weighted by molar-refractivity contribution is -0.116. The lowest BCUT2D eigenvalue weighted by Crippen LogP contribution is -2.19. The smallest absolute Gasteiger partial charge is 0.242 e. The molecule has 0 heterocycles. The number of hydrogen-bond acceptors (Lipinski definition) is 4. The van der Waals surface area contributed by atoms with E-state index >= 15 is 0 Å². The van der Waals surface area contributed by atoms with Crippen molar-refractivity contribution in [1.82, 2.24) is 0 Å². The van der Waals surface area contributed by atoms with Gasteiger partial charge in [-0.2, -0.15) is 0 Å². The van der Waals surface area contributed by atoms with Crippen LogP contribution in [-0.4, -0.2) is 18.9 Å². The summed E-state index contributed by atoms with van der Waals surface area (Å²) in [6.07, 6.45) is 0.249. The maximum Gasteiger partial charge on any atom is 0.242 e. The van der Waals surface area contributed by atoms with Crippen molar-refractivity contribution in [2.24, 2.45) is 0 Å². The number of rotatable bonds is 9. The predicted molar refractivity (Wildman–Crippen MR) is 152 cm³/mol. The number of thioether (sulfide) groups is 1. The largest absolute Gasteiger partial charge is 0.495 e. The average molecular weight is 551 g/mol. The van der Waals surface area contributed by atoms with Crippen LogP contribution in [0, 0.1) is 0 Å². The highest BCUT2D eigenvalue weighted by Crippen LogP contribution is 2.37. The molecule has 5 nitrogen and oxygen atoms in total. The monoisotopic (exact) mass is 550 g/mol. The van der Waals surface area contributed by atoms with Crippen LogP contribution in [0.1, 0.15) is 16.4 Å². The molecule has 8 heteroatoms. The van der Waals surface area contributed by atoms with Crippen LogP contribution in [0.3, 0.4) is 0 Å². The summed E-state index contributed by atoms with van der Waals surface area (Å²) < 4.78 is 5.19. The van der Waals surface area contributed by atoms with Gasteiger partial charge in [-0.05, 0) is 65.7 Å². The van der Waals surface area contributed by atoms with E-state index in [1.54, 1.807) is 30.3 Å². The molecule has 0 aliphatic heterocycles. The van der Waals surface area contributed by atoms with Crippen molar-refractivity contribution in [3.63, 3.8) is 0 Å². The molecule has 188 valence electrons. The molecule has 4 aromatic carbocycles. The third kappa shape index (κ3) is 7.52. The van der Waals surface area contributed by atoms with Gasteiger partial charge in [0.2, 0.25) is 11.8 Å². The third-order valence-corrected chi connectivity index (χ3v) is 7.24. The Bertz CT molecular complexity index is 1360. The quantitative estimate of drug-likeness (QED) is 0.210. The molecule has 1 unspecified atom stereocenters. The molecule has 37 heavy (non-hydrogen) atoms. The van der Waals surface area contributed by atoms with Gasteiger partial charge in [0.1, 0.15) is 11.0 Å². The van der Waals surface area contributed by atoms with E-state index in [1.807, 2.05) is 66.7 Å². The van der Waals surface area contributed by atoms with E-state index in [2.05, 4.69) is 10.6 Å². The molecule has 0 fully saturated rings. The highest BCUT2D eigenvalue weighted by Gasteiger charge is 2.22. The van der Waals surface area contributed by atoms with Gasteiger partial charge < -0.3 is 15.4 Å². The van der Waals surface area contributed by atoms with Crippen LogP contribution in [0.25, 0.3) is 0 Å². The fourth-order valence-electron chi connectivity index (χ4n) is 3.60. The highest BCUT2D eigenvalue weighted by atomic mass is 35.5. The van der Waals surface area contributed by atoms with Crippen LogP contribution in [0.2, 0.25) is 10.0 Å². The van der Waals surface area contributed by atoms with Crippen LogP contribution in [0.4, 0.5) is 11.4 Å². The van der Waals surface area contributed by atoms with Crippen LogP contribution < -0.4 is 15.4 Å². The van der Waals surface area contributed by atoms with Gasteiger partial charge in [0.05, 0.1) is 18.6 Å². The Balaban J connectivity index is 1.44. The standard InChI is InChI=1S/C29H24Cl2N2O3S/c1-36-26-16-13-23(18-25(26)31)33-29(35)28(20-5-3-2-4-6-20)37-24-14-11-22(12-15-24)32-27(34)17-19-7-9-21(30)10-8-19/h2-16,18,28H,17H2,1H3,(H,32,34)(H,33,35). The molecule has 0 radical (unpaired) electrons. The number of carbonyl (C=O) groups excluding carboxylic acids is 2. The molecular formula is C29H24Cl2N2O3S. The summed E-state index contributed by atoms with van der Waals surface area (Å²) in [7, 11) is 1.54. The molecule has 0 bridgehead atoms. The number of benzene rings is 4. The predicted octanol–water partition coefficient (Wildman–Crippen LogP) is 7.66. The van der Waals surface area contributed by atoms with Crippen LogP contribution in [0.5, 0.6) is 5.75 Å². The molecular weight excluding hydrogens is 527 g/mol. The SMILES string of the molecule is COc1ccc(NC(=O)C(Sc2ccc(NC(=O)Cc3ccc(Cl)cc3)cc2)c2ccccc2)cc1Cl. The highest BCUT2D eigenvalue weighted by molar-refractivity contribution is 8.00.